The maximum Gasteiger partial charge on any atom is 0.294 e. The molecule has 2 aliphatic rings. The summed E-state index contributed by atoms with van der Waals surface area (Å²) in [6, 6.07) is 7.42. The van der Waals surface area contributed by atoms with Gasteiger partial charge in [0.25, 0.3) is 11.1 Å². The zero-order chi connectivity index (χ0) is 18.0. The van der Waals surface area contributed by atoms with Gasteiger partial charge in [0.05, 0.1) is 30.9 Å². The summed E-state index contributed by atoms with van der Waals surface area (Å²) in [6.07, 6.45) is 1.90. The van der Waals surface area contributed by atoms with E-state index in [4.69, 9.17) is 9.47 Å². The van der Waals surface area contributed by atoms with Crippen molar-refractivity contribution < 1.29 is 19.1 Å². The Kier molecular flexibility index (Phi) is 5.46. The van der Waals surface area contributed by atoms with E-state index in [1.807, 2.05) is 38.1 Å². The number of imide groups is 1. The molecule has 2 atom stereocenters. The Morgan fingerprint density at radius 2 is 1.92 bits per heavy atom. The van der Waals surface area contributed by atoms with Crippen molar-refractivity contribution in [2.24, 2.45) is 0 Å². The molecular formula is C18H22N2O4S. The molecule has 25 heavy (non-hydrogen) atoms. The van der Waals surface area contributed by atoms with Crippen LogP contribution >= 0.6 is 11.8 Å². The zero-order valence-corrected chi connectivity index (χ0v) is 15.4. The van der Waals surface area contributed by atoms with Gasteiger partial charge < -0.3 is 9.47 Å². The molecule has 0 aromatic heterocycles. The van der Waals surface area contributed by atoms with Crippen LogP contribution in [-0.2, 0) is 9.53 Å². The van der Waals surface area contributed by atoms with Gasteiger partial charge in [-0.3, -0.25) is 19.4 Å². The number of carbonyl (C=O) groups excluding carboxylic acids is 2. The molecular weight excluding hydrogens is 340 g/mol. The number of ether oxygens (including phenoxy) is 2. The summed E-state index contributed by atoms with van der Waals surface area (Å²) in [5.41, 5.74) is 0.782. The first-order chi connectivity index (χ1) is 12.0. The molecule has 134 valence electrons. The van der Waals surface area contributed by atoms with Crippen molar-refractivity contribution in [3.8, 4) is 5.75 Å². The molecule has 3 rings (SSSR count). The molecule has 7 heteroatoms. The monoisotopic (exact) mass is 362 g/mol. The van der Waals surface area contributed by atoms with Gasteiger partial charge in [-0.05, 0) is 37.8 Å². The molecule has 0 bridgehead atoms. The summed E-state index contributed by atoms with van der Waals surface area (Å²) >= 11 is 0.971. The molecule has 2 amide bonds. The Labute approximate surface area is 151 Å². The first kappa shape index (κ1) is 18.0. The predicted molar refractivity (Wildman–Crippen MR) is 97.3 cm³/mol. The second-order valence-corrected chi connectivity index (χ2v) is 7.28. The summed E-state index contributed by atoms with van der Waals surface area (Å²) in [5.74, 6) is 0.415. The van der Waals surface area contributed by atoms with E-state index in [1.54, 1.807) is 13.2 Å². The van der Waals surface area contributed by atoms with Crippen LogP contribution < -0.4 is 4.74 Å². The van der Waals surface area contributed by atoms with Crippen LogP contribution in [0.5, 0.6) is 5.75 Å². The molecule has 2 saturated heterocycles. The number of thioether (sulfide) groups is 1. The lowest BCUT2D eigenvalue weighted by atomic mass is 10.2. The SMILES string of the molecule is COc1ccccc1C=C1SC(=O)N(CN2CC(C)OC(C)C2)C1=O. The largest absolute Gasteiger partial charge is 0.496 e. The number of carbonyl (C=O) groups is 2. The smallest absolute Gasteiger partial charge is 0.294 e. The van der Waals surface area contributed by atoms with Crippen molar-refractivity contribution in [3.63, 3.8) is 0 Å². The quantitative estimate of drug-likeness (QED) is 0.768. The normalized spacial score (nSPS) is 26.5. The number of morpholine rings is 1. The number of rotatable bonds is 4. The highest BCUT2D eigenvalue weighted by atomic mass is 32.2. The van der Waals surface area contributed by atoms with E-state index >= 15 is 0 Å². The average molecular weight is 362 g/mol. The maximum absolute atomic E-state index is 12.7. The molecule has 2 fully saturated rings. The second-order valence-electron chi connectivity index (χ2n) is 6.29. The number of para-hydroxylation sites is 1. The number of amides is 2. The van der Waals surface area contributed by atoms with E-state index in [-0.39, 0.29) is 23.4 Å². The highest BCUT2D eigenvalue weighted by Crippen LogP contribution is 2.34. The third-order valence-corrected chi connectivity index (χ3v) is 5.04. The Hall–Kier alpha value is -1.83. The van der Waals surface area contributed by atoms with E-state index in [9.17, 15) is 9.59 Å². The second kappa shape index (κ2) is 7.59. The van der Waals surface area contributed by atoms with Crippen LogP contribution in [0.15, 0.2) is 29.2 Å². The minimum Gasteiger partial charge on any atom is -0.496 e. The molecule has 0 spiro atoms. The van der Waals surface area contributed by atoms with E-state index in [0.717, 1.165) is 17.3 Å². The summed E-state index contributed by atoms with van der Waals surface area (Å²) in [5, 5.41) is -0.238. The lowest BCUT2D eigenvalue weighted by molar-refractivity contribution is -0.127. The summed E-state index contributed by atoms with van der Waals surface area (Å²) in [6.45, 7) is 5.71. The highest BCUT2D eigenvalue weighted by molar-refractivity contribution is 8.18. The fourth-order valence-electron chi connectivity index (χ4n) is 3.15. The van der Waals surface area contributed by atoms with Crippen molar-refractivity contribution in [2.45, 2.75) is 26.1 Å². The van der Waals surface area contributed by atoms with Crippen molar-refractivity contribution in [1.29, 1.82) is 0 Å². The molecule has 2 heterocycles. The minimum atomic E-state index is -0.257. The van der Waals surface area contributed by atoms with Crippen molar-refractivity contribution in [3.05, 3.63) is 34.7 Å². The minimum absolute atomic E-state index is 0.0906. The van der Waals surface area contributed by atoms with Crippen LogP contribution in [-0.4, -0.2) is 60.0 Å². The number of nitrogens with zero attached hydrogens (tertiary/aromatic N) is 2. The third kappa shape index (κ3) is 4.05. The number of hydrogen-bond acceptors (Lipinski definition) is 6. The molecule has 1 aromatic carbocycles. The van der Waals surface area contributed by atoms with Crippen LogP contribution in [0.25, 0.3) is 6.08 Å². The topological polar surface area (TPSA) is 59.1 Å². The van der Waals surface area contributed by atoms with E-state index in [2.05, 4.69) is 4.90 Å². The van der Waals surface area contributed by atoms with Gasteiger partial charge in [-0.15, -0.1) is 0 Å². The molecule has 2 unspecified atom stereocenters. The van der Waals surface area contributed by atoms with Gasteiger partial charge in [0.1, 0.15) is 5.75 Å². The van der Waals surface area contributed by atoms with Gasteiger partial charge in [-0.25, -0.2) is 0 Å². The Bertz CT molecular complexity index is 696. The standard InChI is InChI=1S/C18H22N2O4S/c1-12-9-19(10-13(2)24-12)11-20-17(21)16(25-18(20)22)8-14-6-4-5-7-15(14)23-3/h4-8,12-13H,9-11H2,1-3H3. The van der Waals surface area contributed by atoms with Crippen LogP contribution in [0.2, 0.25) is 0 Å². The first-order valence-electron chi connectivity index (χ1n) is 8.24. The van der Waals surface area contributed by atoms with Crippen molar-refractivity contribution >= 4 is 29.0 Å². The average Bonchev–Trinajstić information content (AvgIpc) is 2.82. The first-order valence-corrected chi connectivity index (χ1v) is 9.05. The van der Waals surface area contributed by atoms with E-state index < -0.39 is 0 Å². The zero-order valence-electron chi connectivity index (χ0n) is 14.6. The Morgan fingerprint density at radius 1 is 1.24 bits per heavy atom. The predicted octanol–water partition coefficient (Wildman–Crippen LogP) is 2.80. The summed E-state index contributed by atoms with van der Waals surface area (Å²) < 4.78 is 11.0. The highest BCUT2D eigenvalue weighted by Gasteiger charge is 2.37. The molecule has 1 aromatic rings. The van der Waals surface area contributed by atoms with Gasteiger partial charge in [-0.2, -0.15) is 0 Å². The molecule has 6 nitrogen and oxygen atoms in total. The molecule has 0 saturated carbocycles. The van der Waals surface area contributed by atoms with Crippen LogP contribution in [0.1, 0.15) is 19.4 Å². The van der Waals surface area contributed by atoms with Gasteiger partial charge in [-0.1, -0.05) is 18.2 Å². The number of benzene rings is 1. The van der Waals surface area contributed by atoms with E-state index in [1.165, 1.54) is 4.90 Å². The summed E-state index contributed by atoms with van der Waals surface area (Å²) in [4.78, 5) is 28.8. The van der Waals surface area contributed by atoms with Gasteiger partial charge in [0.2, 0.25) is 0 Å². The molecule has 0 radical (unpaired) electrons. The lowest BCUT2D eigenvalue weighted by Crippen LogP contribution is -2.50. The number of methoxy groups -OCH3 is 1. The fraction of sp³-hybridized carbons (Fsp3) is 0.444. The Morgan fingerprint density at radius 3 is 2.60 bits per heavy atom. The fourth-order valence-corrected chi connectivity index (χ4v) is 3.97. The summed E-state index contributed by atoms with van der Waals surface area (Å²) in [7, 11) is 1.58. The Balaban J connectivity index is 1.75. The number of hydrogen-bond donors (Lipinski definition) is 0. The van der Waals surface area contributed by atoms with Crippen molar-refractivity contribution in [1.82, 2.24) is 9.80 Å². The van der Waals surface area contributed by atoms with Gasteiger partial charge in [0.15, 0.2) is 0 Å². The van der Waals surface area contributed by atoms with Gasteiger partial charge in [0, 0.05) is 18.7 Å². The molecule has 0 N–H and O–H groups in total. The van der Waals surface area contributed by atoms with Crippen LogP contribution in [0.4, 0.5) is 4.79 Å². The van der Waals surface area contributed by atoms with Crippen LogP contribution in [0.3, 0.4) is 0 Å². The van der Waals surface area contributed by atoms with Gasteiger partial charge >= 0.3 is 0 Å². The maximum atomic E-state index is 12.7. The van der Waals surface area contributed by atoms with Crippen molar-refractivity contribution in [2.75, 3.05) is 26.9 Å². The van der Waals surface area contributed by atoms with E-state index in [0.29, 0.717) is 30.4 Å². The molecule has 0 aliphatic carbocycles. The van der Waals surface area contributed by atoms with Crippen LogP contribution in [0, 0.1) is 0 Å². The third-order valence-electron chi connectivity index (χ3n) is 4.14. The lowest BCUT2D eigenvalue weighted by Gasteiger charge is -2.36. The molecule has 2 aliphatic heterocycles.